The predicted molar refractivity (Wildman–Crippen MR) is 79.1 cm³/mol. The largest absolute Gasteiger partial charge is 0.494 e. The summed E-state index contributed by atoms with van der Waals surface area (Å²) in [5.41, 5.74) is 2.02. The summed E-state index contributed by atoms with van der Waals surface area (Å²) in [5, 5.41) is 0. The lowest BCUT2D eigenvalue weighted by Gasteiger charge is -2.07. The average molecular weight is 269 g/mol. The summed E-state index contributed by atoms with van der Waals surface area (Å²) in [6.07, 6.45) is 6.08. The van der Waals surface area contributed by atoms with Gasteiger partial charge in [-0.05, 0) is 54.8 Å². The van der Waals surface area contributed by atoms with Crippen molar-refractivity contribution in [2.45, 2.75) is 26.2 Å². The van der Waals surface area contributed by atoms with E-state index in [0.29, 0.717) is 13.0 Å². The average Bonchev–Trinajstić information content (AvgIpc) is 2.52. The van der Waals surface area contributed by atoms with Gasteiger partial charge in [0.15, 0.2) is 5.78 Å². The molecule has 20 heavy (non-hydrogen) atoms. The zero-order chi connectivity index (χ0) is 14.2. The van der Waals surface area contributed by atoms with Gasteiger partial charge in [-0.15, -0.1) is 0 Å². The van der Waals surface area contributed by atoms with Crippen LogP contribution in [0.3, 0.4) is 0 Å². The molecule has 2 aromatic rings. The molecule has 0 radical (unpaired) electrons. The number of hydrogen-bond acceptors (Lipinski definition) is 3. The maximum atomic E-state index is 11.5. The third-order valence-electron chi connectivity index (χ3n) is 3.13. The molecule has 0 fully saturated rings. The molecule has 0 bridgehead atoms. The maximum Gasteiger partial charge on any atom is 0.162 e. The normalized spacial score (nSPS) is 10.2. The van der Waals surface area contributed by atoms with E-state index in [-0.39, 0.29) is 5.78 Å². The smallest absolute Gasteiger partial charge is 0.162 e. The van der Waals surface area contributed by atoms with Gasteiger partial charge in [-0.3, -0.25) is 9.78 Å². The number of aryl methyl sites for hydroxylation is 1. The number of benzene rings is 1. The summed E-state index contributed by atoms with van der Waals surface area (Å²) in [4.78, 5) is 15.5. The molecule has 0 saturated carbocycles. The Hall–Kier alpha value is -2.16. The van der Waals surface area contributed by atoms with Crippen LogP contribution in [0.25, 0.3) is 0 Å². The van der Waals surface area contributed by atoms with E-state index in [1.165, 1.54) is 5.56 Å². The zero-order valence-electron chi connectivity index (χ0n) is 11.7. The number of pyridine rings is 1. The van der Waals surface area contributed by atoms with Gasteiger partial charge in [0, 0.05) is 24.4 Å². The van der Waals surface area contributed by atoms with Crippen LogP contribution in [-0.4, -0.2) is 17.4 Å². The minimum atomic E-state index is 0.161. The second-order valence-electron chi connectivity index (χ2n) is 4.61. The Labute approximate surface area is 119 Å². The van der Waals surface area contributed by atoms with Gasteiger partial charge in [0.05, 0.1) is 6.61 Å². The van der Waals surface area contributed by atoms with Crippen molar-refractivity contribution in [3.8, 4) is 5.75 Å². The summed E-state index contributed by atoms with van der Waals surface area (Å²) in [5.74, 6) is 0.974. The second kappa shape index (κ2) is 7.43. The van der Waals surface area contributed by atoms with E-state index in [0.717, 1.165) is 24.2 Å². The van der Waals surface area contributed by atoms with E-state index < -0.39 is 0 Å². The molecule has 0 aliphatic rings. The van der Waals surface area contributed by atoms with Crippen molar-refractivity contribution in [1.82, 2.24) is 4.98 Å². The van der Waals surface area contributed by atoms with Gasteiger partial charge in [0.1, 0.15) is 5.75 Å². The summed E-state index contributed by atoms with van der Waals surface area (Å²) >= 11 is 0. The molecular weight excluding hydrogens is 250 g/mol. The fraction of sp³-hybridized carbons (Fsp3) is 0.294. The first-order valence-electron chi connectivity index (χ1n) is 6.94. The Balaban J connectivity index is 1.75. The highest BCUT2D eigenvalue weighted by Crippen LogP contribution is 2.14. The molecule has 0 aliphatic heterocycles. The van der Waals surface area contributed by atoms with E-state index in [9.17, 15) is 4.79 Å². The number of carbonyl (C=O) groups excluding carboxylic acids is 1. The quantitative estimate of drug-likeness (QED) is 0.568. The first kappa shape index (κ1) is 14.3. The first-order valence-corrected chi connectivity index (χ1v) is 6.94. The first-order chi connectivity index (χ1) is 9.79. The molecule has 0 aliphatic carbocycles. The summed E-state index contributed by atoms with van der Waals surface area (Å²) in [7, 11) is 0. The fourth-order valence-corrected chi connectivity index (χ4v) is 1.96. The lowest BCUT2D eigenvalue weighted by molar-refractivity contribution is 0.0988. The monoisotopic (exact) mass is 269 g/mol. The van der Waals surface area contributed by atoms with Crippen LogP contribution < -0.4 is 4.74 Å². The van der Waals surface area contributed by atoms with E-state index in [1.807, 2.05) is 43.3 Å². The summed E-state index contributed by atoms with van der Waals surface area (Å²) in [6.45, 7) is 2.54. The van der Waals surface area contributed by atoms with Crippen LogP contribution in [0.1, 0.15) is 35.7 Å². The van der Waals surface area contributed by atoms with Crippen molar-refractivity contribution >= 4 is 5.78 Å². The molecule has 1 aromatic heterocycles. The van der Waals surface area contributed by atoms with Gasteiger partial charge in [-0.1, -0.05) is 6.92 Å². The zero-order valence-corrected chi connectivity index (χ0v) is 11.7. The predicted octanol–water partition coefficient (Wildman–Crippen LogP) is 3.69. The minimum Gasteiger partial charge on any atom is -0.494 e. The lowest BCUT2D eigenvalue weighted by Crippen LogP contribution is -2.00. The van der Waals surface area contributed by atoms with Crippen LogP contribution in [0.5, 0.6) is 5.75 Å². The molecular formula is C17H19NO2. The van der Waals surface area contributed by atoms with Crippen LogP contribution in [0.4, 0.5) is 0 Å². The Bertz CT molecular complexity index is 535. The highest BCUT2D eigenvalue weighted by Gasteiger charge is 2.02. The van der Waals surface area contributed by atoms with Crippen molar-refractivity contribution in [3.05, 3.63) is 59.9 Å². The van der Waals surface area contributed by atoms with Crippen LogP contribution >= 0.6 is 0 Å². The number of ketones is 1. The van der Waals surface area contributed by atoms with Gasteiger partial charge >= 0.3 is 0 Å². The van der Waals surface area contributed by atoms with E-state index >= 15 is 0 Å². The van der Waals surface area contributed by atoms with Crippen molar-refractivity contribution in [2.75, 3.05) is 6.61 Å². The van der Waals surface area contributed by atoms with Gasteiger partial charge in [-0.25, -0.2) is 0 Å². The molecule has 0 N–H and O–H groups in total. The highest BCUT2D eigenvalue weighted by molar-refractivity contribution is 5.95. The third kappa shape index (κ3) is 4.19. The molecule has 104 valence electrons. The Morgan fingerprint density at radius 2 is 1.80 bits per heavy atom. The highest BCUT2D eigenvalue weighted by atomic mass is 16.5. The second-order valence-corrected chi connectivity index (χ2v) is 4.61. The van der Waals surface area contributed by atoms with Gasteiger partial charge in [-0.2, -0.15) is 0 Å². The molecule has 3 nitrogen and oxygen atoms in total. The van der Waals surface area contributed by atoms with Gasteiger partial charge in [0.25, 0.3) is 0 Å². The Kier molecular flexibility index (Phi) is 5.30. The van der Waals surface area contributed by atoms with Crippen molar-refractivity contribution in [2.24, 2.45) is 0 Å². The number of Topliss-reactive ketones (excluding diaryl/α,β-unsaturated/α-hetero) is 1. The van der Waals surface area contributed by atoms with Crippen LogP contribution in [0, 0.1) is 0 Å². The summed E-state index contributed by atoms with van der Waals surface area (Å²) in [6, 6.07) is 11.4. The van der Waals surface area contributed by atoms with E-state index in [1.54, 1.807) is 12.4 Å². The number of nitrogens with zero attached hydrogens (tertiary/aromatic N) is 1. The Morgan fingerprint density at radius 3 is 2.45 bits per heavy atom. The van der Waals surface area contributed by atoms with Gasteiger partial charge in [0.2, 0.25) is 0 Å². The molecule has 3 heteroatoms. The topological polar surface area (TPSA) is 39.2 Å². The minimum absolute atomic E-state index is 0.161. The molecule has 0 atom stereocenters. The third-order valence-corrected chi connectivity index (χ3v) is 3.13. The molecule has 2 rings (SSSR count). The number of aromatic nitrogens is 1. The van der Waals surface area contributed by atoms with Crippen molar-refractivity contribution in [3.63, 3.8) is 0 Å². The Morgan fingerprint density at radius 1 is 1.10 bits per heavy atom. The lowest BCUT2D eigenvalue weighted by atomic mass is 10.1. The maximum absolute atomic E-state index is 11.5. The number of rotatable bonds is 7. The fourth-order valence-electron chi connectivity index (χ4n) is 1.96. The molecule has 1 heterocycles. The van der Waals surface area contributed by atoms with Gasteiger partial charge < -0.3 is 4.74 Å². The van der Waals surface area contributed by atoms with Crippen LogP contribution in [-0.2, 0) is 6.42 Å². The molecule has 1 aromatic carbocycles. The van der Waals surface area contributed by atoms with Crippen LogP contribution in [0.2, 0.25) is 0 Å². The number of ether oxygens (including phenoxy) is 1. The molecule has 0 amide bonds. The molecule has 0 saturated heterocycles. The van der Waals surface area contributed by atoms with Crippen molar-refractivity contribution in [1.29, 1.82) is 0 Å². The van der Waals surface area contributed by atoms with E-state index in [4.69, 9.17) is 4.74 Å². The van der Waals surface area contributed by atoms with Crippen LogP contribution in [0.15, 0.2) is 48.8 Å². The number of hydrogen-bond donors (Lipinski definition) is 0. The molecule has 0 spiro atoms. The SMILES string of the molecule is CCC(=O)c1ccc(OCCCc2ccncc2)cc1. The van der Waals surface area contributed by atoms with Crippen molar-refractivity contribution < 1.29 is 9.53 Å². The standard InChI is InChI=1S/C17H19NO2/c1-2-17(19)15-5-7-16(8-6-15)20-13-3-4-14-9-11-18-12-10-14/h5-12H,2-4,13H2,1H3. The number of carbonyl (C=O) groups is 1. The molecule has 0 unspecified atom stereocenters. The van der Waals surface area contributed by atoms with E-state index in [2.05, 4.69) is 4.98 Å². The summed E-state index contributed by atoms with van der Waals surface area (Å²) < 4.78 is 5.67.